The quantitative estimate of drug-likeness (QED) is 0.0626. The minimum Gasteiger partial charge on any atom is -0.456 e. The number of esters is 2. The average Bonchev–Trinajstić information content (AvgIpc) is 3.24. The van der Waals surface area contributed by atoms with Crippen molar-refractivity contribution in [1.29, 1.82) is 0 Å². The smallest absolute Gasteiger partial charge is 0.408 e. The molecule has 1 amide bonds. The molecule has 67 heavy (non-hydrogen) atoms. The van der Waals surface area contributed by atoms with Crippen LogP contribution >= 0.6 is 0 Å². The van der Waals surface area contributed by atoms with Crippen LogP contribution in [0, 0.1) is 60.8 Å². The number of alkyl carbamates (subject to hydrolysis) is 1. The van der Waals surface area contributed by atoms with Crippen LogP contribution in [0.5, 0.6) is 0 Å². The number of benzene rings is 2. The second-order valence-electron chi connectivity index (χ2n) is 21.6. The van der Waals surface area contributed by atoms with Crippen molar-refractivity contribution in [3.8, 4) is 0 Å². The summed E-state index contributed by atoms with van der Waals surface area (Å²) >= 11 is 0. The molecule has 367 valence electrons. The average molecular weight is 1180 g/mol. The van der Waals surface area contributed by atoms with Crippen LogP contribution in [0.4, 0.5) is 4.79 Å². The molecule has 1 radical (unpaired) electrons. The van der Waals surface area contributed by atoms with Crippen LogP contribution in [-0.2, 0) is 37.4 Å². The fourth-order valence-corrected chi connectivity index (χ4v) is 15.0. The number of fused-ring (bicyclic) bond motifs is 5. The number of hydrogen-bond donors (Lipinski definition) is 4. The fraction of sp³-hybridized carbons (Fsp3) is 0.640. The van der Waals surface area contributed by atoms with Crippen molar-refractivity contribution >= 4 is 40.4 Å². The Morgan fingerprint density at radius 3 is 1.99 bits per heavy atom. The number of carbonyl (C=O) groups excluding carboxylic acids is 4. The summed E-state index contributed by atoms with van der Waals surface area (Å²) in [6, 6.07) is 18.2. The number of Topliss-reactive ketones (excluding diaryl/α,β-unsaturated/α-hetero) is 1. The number of ketones is 1. The fourth-order valence-electron chi connectivity index (χ4n) is 11.1. The third-order valence-electron chi connectivity index (χ3n) is 15.0. The molecule has 1 heterocycles. The van der Waals surface area contributed by atoms with Gasteiger partial charge in [0, 0.05) is 68.2 Å². The molecule has 2 aromatic carbocycles. The van der Waals surface area contributed by atoms with Gasteiger partial charge in [0.05, 0.1) is 35.8 Å². The molecule has 3 fully saturated rings. The molecule has 4 aliphatic rings. The van der Waals surface area contributed by atoms with Crippen LogP contribution in [0.1, 0.15) is 104 Å². The van der Waals surface area contributed by atoms with Gasteiger partial charge in [-0.1, -0.05) is 83.1 Å². The monoisotopic (exact) mass is 1180 g/mol. The molecule has 2 saturated carbocycles. The first-order valence-corrected chi connectivity index (χ1v) is 29.4. The van der Waals surface area contributed by atoms with E-state index < -0.39 is 117 Å². The number of ether oxygens (including phenoxy) is 4. The number of aliphatic hydroxyl groups excluding tert-OH is 1. The van der Waals surface area contributed by atoms with E-state index in [1.165, 1.54) is 0 Å². The van der Waals surface area contributed by atoms with Gasteiger partial charge in [0.15, 0.2) is 28.5 Å². The summed E-state index contributed by atoms with van der Waals surface area (Å²) in [6.45, 7) is 23.5. The Kier molecular flexibility index (Phi) is 17.0. The normalized spacial score (nSPS) is 31.3. The van der Waals surface area contributed by atoms with Crippen molar-refractivity contribution in [3.63, 3.8) is 0 Å². The zero-order valence-corrected chi connectivity index (χ0v) is 48.4. The maximum Gasteiger partial charge on any atom is 0.408 e. The van der Waals surface area contributed by atoms with Crippen molar-refractivity contribution in [2.24, 2.45) is 16.7 Å². The Hall–Kier alpha value is -2.30. The topological polar surface area (TPSA) is 196 Å². The van der Waals surface area contributed by atoms with E-state index in [0.29, 0.717) is 11.1 Å². The minimum absolute atomic E-state index is 0. The molecule has 14 nitrogen and oxygen atoms in total. The summed E-state index contributed by atoms with van der Waals surface area (Å²) in [4.78, 5) is 58.7. The summed E-state index contributed by atoms with van der Waals surface area (Å²) < 4.78 is 38.5. The zero-order chi connectivity index (χ0) is 49.0. The van der Waals surface area contributed by atoms with Gasteiger partial charge >= 0.3 is 18.0 Å². The number of hydrogen-bond acceptors (Lipinski definition) is 13. The van der Waals surface area contributed by atoms with Gasteiger partial charge in [-0.15, -0.1) is 0 Å². The SMILES string of the molecule is CC[Si](CC)(CC)OC1CC2OCC2(O)C2C(OC(=O)c3ccccc3)C3(O)CC(OC(=O)C(O[Si](C)(C)C)C(NC(=O)OC(C)(C)C)c4ccccc4)C(C)=C(C(O)C(=O)C12C)C3(C)C.[Ac]. The molecule has 2 bridgehead atoms. The number of carbonyl (C=O) groups is 4. The van der Waals surface area contributed by atoms with E-state index in [1.807, 2.05) is 19.6 Å². The standard InChI is InChI=1S/C50H73NO13Si2.Ac/c1-14-66(15-2,16-3)63-34-27-35-49(57,29-59-35)40-42(61-43(54)32-25-21-18-22-26-32)50(58)28-33(30(4)36(47(50,8)9)38(52)41(53)48(34,40)10)60-44(55)39(64-65(11,12)13)37(31-23-19-17-20-24-31)51-45(56)62-46(5,6)7;/h17-26,33-35,37-40,42,52,57-58H,14-16,27-29H2,1-13H3,(H,51,56);. The van der Waals surface area contributed by atoms with Gasteiger partial charge in [0.2, 0.25) is 0 Å². The first-order valence-electron chi connectivity index (χ1n) is 23.5. The van der Waals surface area contributed by atoms with E-state index in [2.05, 4.69) is 26.1 Å². The number of amides is 1. The summed E-state index contributed by atoms with van der Waals surface area (Å²) in [5.41, 5.74) is -7.10. The second-order valence-corrected chi connectivity index (χ2v) is 30.7. The van der Waals surface area contributed by atoms with Crippen molar-refractivity contribution in [1.82, 2.24) is 5.32 Å². The third-order valence-corrected chi connectivity index (χ3v) is 20.6. The zero-order valence-electron chi connectivity index (χ0n) is 41.6. The summed E-state index contributed by atoms with van der Waals surface area (Å²) in [7, 11) is -5.16. The molecule has 0 aromatic heterocycles. The molecule has 4 N–H and O–H groups in total. The van der Waals surface area contributed by atoms with Crippen LogP contribution in [0.15, 0.2) is 71.8 Å². The Balaban J connectivity index is 0.00000840. The van der Waals surface area contributed by atoms with Gasteiger partial charge in [-0.05, 0) is 101 Å². The van der Waals surface area contributed by atoms with Crippen molar-refractivity contribution in [2.45, 2.75) is 179 Å². The van der Waals surface area contributed by atoms with Crippen LogP contribution in [-0.4, -0.2) is 116 Å². The predicted octanol–water partition coefficient (Wildman–Crippen LogP) is 7.58. The molecule has 1 saturated heterocycles. The van der Waals surface area contributed by atoms with Gasteiger partial charge in [0.25, 0.3) is 0 Å². The van der Waals surface area contributed by atoms with E-state index in [-0.39, 0.29) is 74.6 Å². The summed E-state index contributed by atoms with van der Waals surface area (Å²) in [5, 5.41) is 42.4. The second kappa shape index (κ2) is 20.4. The van der Waals surface area contributed by atoms with Gasteiger partial charge in [-0.3, -0.25) is 4.79 Å². The Morgan fingerprint density at radius 2 is 1.48 bits per heavy atom. The minimum atomic E-state index is -2.64. The first kappa shape index (κ1) is 55.6. The van der Waals surface area contributed by atoms with Crippen LogP contribution in [0.25, 0.3) is 0 Å². The Bertz CT molecular complexity index is 2150. The first-order chi connectivity index (χ1) is 30.6. The molecule has 6 rings (SSSR count). The molecule has 2 aromatic rings. The molecular formula is C50H73AcNO13Si2. The maximum absolute atomic E-state index is 15.7. The van der Waals surface area contributed by atoms with Crippen LogP contribution in [0.2, 0.25) is 37.8 Å². The van der Waals surface area contributed by atoms with E-state index in [4.69, 9.17) is 27.8 Å². The molecular weight excluding hydrogens is 1110 g/mol. The maximum atomic E-state index is 15.7. The molecule has 1 aliphatic heterocycles. The van der Waals surface area contributed by atoms with Gasteiger partial charge in [-0.2, -0.15) is 0 Å². The number of nitrogens with one attached hydrogen (secondary N) is 1. The van der Waals surface area contributed by atoms with Crippen LogP contribution < -0.4 is 5.32 Å². The van der Waals surface area contributed by atoms with Crippen molar-refractivity contribution in [3.05, 3.63) is 82.9 Å². The summed E-state index contributed by atoms with van der Waals surface area (Å²) in [5.74, 6) is -3.76. The van der Waals surface area contributed by atoms with Gasteiger partial charge in [0.1, 0.15) is 35.1 Å². The van der Waals surface area contributed by atoms with Crippen molar-refractivity contribution in [2.75, 3.05) is 6.61 Å². The molecule has 11 atom stereocenters. The van der Waals surface area contributed by atoms with Gasteiger partial charge in [-0.25, -0.2) is 14.4 Å². The molecule has 3 aliphatic carbocycles. The van der Waals surface area contributed by atoms with Crippen LogP contribution in [0.3, 0.4) is 0 Å². The molecule has 0 spiro atoms. The van der Waals surface area contributed by atoms with E-state index >= 15 is 9.59 Å². The van der Waals surface area contributed by atoms with Gasteiger partial charge < -0.3 is 48.4 Å². The van der Waals surface area contributed by atoms with E-state index in [0.717, 1.165) is 18.1 Å². The largest absolute Gasteiger partial charge is 0.456 e. The summed E-state index contributed by atoms with van der Waals surface area (Å²) in [6.07, 6.45) is -9.10. The predicted molar refractivity (Wildman–Crippen MR) is 252 cm³/mol. The third kappa shape index (κ3) is 10.5. The Labute approximate surface area is 434 Å². The number of rotatable bonds is 14. The molecule has 17 heteroatoms. The van der Waals surface area contributed by atoms with E-state index in [1.54, 1.807) is 109 Å². The Morgan fingerprint density at radius 1 is 0.910 bits per heavy atom. The number of aliphatic hydroxyl groups is 3. The molecule has 11 unspecified atom stereocenters. The van der Waals surface area contributed by atoms with Crippen molar-refractivity contribution < 1.29 is 106 Å². The van der Waals surface area contributed by atoms with E-state index in [9.17, 15) is 24.9 Å².